The largest absolute Gasteiger partial charge is 0.477 e. The van der Waals surface area contributed by atoms with Crippen molar-refractivity contribution in [1.29, 1.82) is 0 Å². The number of pyridine rings is 1. The molecule has 5 rings (SSSR count). The van der Waals surface area contributed by atoms with E-state index in [4.69, 9.17) is 16.1 Å². The molecule has 2 aromatic carbocycles. The average Bonchev–Trinajstić information content (AvgIpc) is 3.12. The van der Waals surface area contributed by atoms with Crippen LogP contribution in [-0.4, -0.2) is 21.9 Å². The molecule has 1 aliphatic rings. The molecule has 4 nitrogen and oxygen atoms in total. The number of nitrogens with zero attached hydrogens (tertiary/aromatic N) is 1. The predicted octanol–water partition coefficient (Wildman–Crippen LogP) is 4.26. The van der Waals surface area contributed by atoms with E-state index in [9.17, 15) is 13.2 Å². The minimum atomic E-state index is -4.65. The highest BCUT2D eigenvalue weighted by atomic mass is 19.4. The molecule has 0 radical (unpaired) electrons. The Morgan fingerprint density at radius 3 is 2.55 bits per heavy atom. The Hall–Kier alpha value is -3.35. The highest BCUT2D eigenvalue weighted by molar-refractivity contribution is 6.09. The van der Waals surface area contributed by atoms with Crippen molar-refractivity contribution in [2.75, 3.05) is 5.73 Å². The third-order valence-corrected chi connectivity index (χ3v) is 6.13. The summed E-state index contributed by atoms with van der Waals surface area (Å²) in [6.07, 6.45) is -0.795. The second-order valence-electron chi connectivity index (χ2n) is 8.21. The van der Waals surface area contributed by atoms with Crippen LogP contribution in [0.1, 0.15) is 35.2 Å². The zero-order chi connectivity index (χ0) is 21.9. The molecule has 158 valence electrons. The Balaban J connectivity index is 1.78. The first-order valence-corrected chi connectivity index (χ1v) is 10.3. The lowest BCUT2D eigenvalue weighted by molar-refractivity contribution is -0.166. The summed E-state index contributed by atoms with van der Waals surface area (Å²) in [6, 6.07) is 10.7. The van der Waals surface area contributed by atoms with Gasteiger partial charge >= 0.3 is 6.18 Å². The first-order chi connectivity index (χ1) is 14.7. The molecule has 2 aromatic heterocycles. The van der Waals surface area contributed by atoms with E-state index in [0.717, 1.165) is 58.7 Å². The zero-order valence-electron chi connectivity index (χ0n) is 17.0. The standard InChI is InChI=1S/C24H21F3N4/c1-12-10-17-19(30-12)8-9-20-21(17)14-4-2-3-5-15(14)22(31-20)13-6-7-18(28)16(11-13)23(29)24(25,26)27/h6-11,29-30H,2-5,28H2,1H3/p+1. The van der Waals surface area contributed by atoms with Crippen molar-refractivity contribution in [2.24, 2.45) is 0 Å². The predicted molar refractivity (Wildman–Crippen MR) is 117 cm³/mol. The quantitative estimate of drug-likeness (QED) is 0.333. The van der Waals surface area contributed by atoms with Crippen LogP contribution < -0.4 is 11.1 Å². The molecule has 7 heteroatoms. The molecule has 31 heavy (non-hydrogen) atoms. The van der Waals surface area contributed by atoms with Crippen LogP contribution in [0.3, 0.4) is 0 Å². The summed E-state index contributed by atoms with van der Waals surface area (Å²) in [5.74, 6) is 0. The number of H-pyrrole nitrogens is 1. The number of aryl methyl sites for hydroxylation is 2. The van der Waals surface area contributed by atoms with Gasteiger partial charge in [-0.3, -0.25) is 0 Å². The van der Waals surface area contributed by atoms with E-state index in [1.807, 2.05) is 19.1 Å². The second kappa shape index (κ2) is 6.83. The number of hydrogen-bond acceptors (Lipinski definition) is 2. The maximum Gasteiger partial charge on any atom is 0.477 e. The first-order valence-electron chi connectivity index (χ1n) is 10.3. The van der Waals surface area contributed by atoms with Crippen LogP contribution in [0.5, 0.6) is 0 Å². The zero-order valence-corrected chi connectivity index (χ0v) is 17.0. The Morgan fingerprint density at radius 2 is 1.81 bits per heavy atom. The van der Waals surface area contributed by atoms with Crippen molar-refractivity contribution in [3.63, 3.8) is 0 Å². The number of nitrogens with one attached hydrogen (secondary N) is 1. The van der Waals surface area contributed by atoms with Gasteiger partial charge in [-0.25, -0.2) is 10.4 Å². The number of hydrogen-bond donors (Lipinski definition) is 3. The molecule has 0 saturated carbocycles. The van der Waals surface area contributed by atoms with Crippen molar-refractivity contribution in [1.82, 2.24) is 9.97 Å². The van der Waals surface area contributed by atoms with E-state index in [-0.39, 0.29) is 11.3 Å². The fourth-order valence-electron chi connectivity index (χ4n) is 4.70. The van der Waals surface area contributed by atoms with E-state index < -0.39 is 11.9 Å². The van der Waals surface area contributed by atoms with E-state index in [1.54, 1.807) is 6.07 Å². The summed E-state index contributed by atoms with van der Waals surface area (Å²) in [5, 5.41) is 7.68. The number of benzene rings is 2. The summed E-state index contributed by atoms with van der Waals surface area (Å²) in [7, 11) is 0. The average molecular weight is 423 g/mol. The molecule has 5 N–H and O–H groups in total. The number of aromatic nitrogens is 2. The lowest BCUT2D eigenvalue weighted by Crippen LogP contribution is -2.49. The van der Waals surface area contributed by atoms with Crippen molar-refractivity contribution in [2.45, 2.75) is 38.8 Å². The third-order valence-electron chi connectivity index (χ3n) is 6.13. The van der Waals surface area contributed by atoms with E-state index in [0.29, 0.717) is 11.3 Å². The fourth-order valence-corrected chi connectivity index (χ4v) is 4.70. The summed E-state index contributed by atoms with van der Waals surface area (Å²) in [6.45, 7) is 2.03. The number of fused-ring (bicyclic) bond motifs is 5. The van der Waals surface area contributed by atoms with Gasteiger partial charge in [-0.1, -0.05) is 6.07 Å². The summed E-state index contributed by atoms with van der Waals surface area (Å²) < 4.78 is 39.7. The first kappa shape index (κ1) is 19.6. The topological polar surface area (TPSA) is 80.3 Å². The lowest BCUT2D eigenvalue weighted by Gasteiger charge is -2.22. The Bertz CT molecular complexity index is 1370. The van der Waals surface area contributed by atoms with Crippen molar-refractivity contribution < 1.29 is 18.6 Å². The molecule has 0 amide bonds. The van der Waals surface area contributed by atoms with Gasteiger partial charge < -0.3 is 10.7 Å². The van der Waals surface area contributed by atoms with Crippen LogP contribution in [0.2, 0.25) is 0 Å². The Morgan fingerprint density at radius 1 is 1.06 bits per heavy atom. The molecule has 0 atom stereocenters. The number of alkyl halides is 3. The molecular weight excluding hydrogens is 401 g/mol. The summed E-state index contributed by atoms with van der Waals surface area (Å²) >= 11 is 0. The third kappa shape index (κ3) is 3.15. The smallest absolute Gasteiger partial charge is 0.398 e. The van der Waals surface area contributed by atoms with Crippen LogP contribution >= 0.6 is 0 Å². The van der Waals surface area contributed by atoms with Gasteiger partial charge in [0.05, 0.1) is 16.8 Å². The van der Waals surface area contributed by atoms with Crippen molar-refractivity contribution in [3.8, 4) is 11.3 Å². The second-order valence-corrected chi connectivity index (χ2v) is 8.21. The number of anilines is 1. The van der Waals surface area contributed by atoms with E-state index in [1.165, 1.54) is 17.7 Å². The number of rotatable bonds is 2. The van der Waals surface area contributed by atoms with Gasteiger partial charge in [0.15, 0.2) is 0 Å². The fraction of sp³-hybridized carbons (Fsp3) is 0.250. The van der Waals surface area contributed by atoms with Crippen LogP contribution in [0.15, 0.2) is 36.4 Å². The Kier molecular flexibility index (Phi) is 4.32. The highest BCUT2D eigenvalue weighted by Gasteiger charge is 2.42. The number of nitrogens with two attached hydrogens (primary N) is 2. The van der Waals surface area contributed by atoms with Gasteiger partial charge in [0.2, 0.25) is 0 Å². The maximum absolute atomic E-state index is 13.2. The SMILES string of the molecule is Cc1cc2c(ccc3nc(-c4ccc(N)c(C(=[NH2+])C(F)(F)F)c4)c4c(c32)CCCC4)[nH]1. The number of nitrogen functional groups attached to an aromatic ring is 1. The van der Waals surface area contributed by atoms with Crippen LogP contribution in [0, 0.1) is 6.92 Å². The molecule has 4 aromatic rings. The summed E-state index contributed by atoms with van der Waals surface area (Å²) in [4.78, 5) is 8.30. The van der Waals surface area contributed by atoms with Crippen LogP contribution in [-0.2, 0) is 12.8 Å². The minimum Gasteiger partial charge on any atom is -0.398 e. The van der Waals surface area contributed by atoms with Gasteiger partial charge in [0.1, 0.15) is 0 Å². The Labute approximate surface area is 176 Å². The normalized spacial score (nSPS) is 14.2. The van der Waals surface area contributed by atoms with Crippen LogP contribution in [0.25, 0.3) is 33.1 Å². The number of aromatic amines is 1. The van der Waals surface area contributed by atoms with E-state index >= 15 is 0 Å². The molecule has 0 aliphatic heterocycles. The van der Waals surface area contributed by atoms with Gasteiger partial charge in [-0.15, -0.1) is 0 Å². The molecule has 0 fully saturated rings. The van der Waals surface area contributed by atoms with Gasteiger partial charge in [-0.05, 0) is 74.1 Å². The van der Waals surface area contributed by atoms with Crippen LogP contribution in [0.4, 0.5) is 18.9 Å². The number of halogens is 3. The van der Waals surface area contributed by atoms with Gasteiger partial charge in [0, 0.05) is 33.2 Å². The molecule has 0 spiro atoms. The monoisotopic (exact) mass is 423 g/mol. The molecule has 0 saturated heterocycles. The summed E-state index contributed by atoms with van der Waals surface area (Å²) in [5.41, 5.74) is 11.1. The van der Waals surface area contributed by atoms with Crippen molar-refractivity contribution in [3.05, 3.63) is 58.8 Å². The highest BCUT2D eigenvalue weighted by Crippen LogP contribution is 2.39. The maximum atomic E-state index is 13.2. The molecule has 0 bridgehead atoms. The minimum absolute atomic E-state index is 0.00209. The lowest BCUT2D eigenvalue weighted by atomic mass is 9.85. The van der Waals surface area contributed by atoms with Gasteiger partial charge in [0.25, 0.3) is 5.71 Å². The molecule has 0 unspecified atom stereocenters. The molecule has 1 aliphatic carbocycles. The van der Waals surface area contributed by atoms with E-state index in [2.05, 4.69) is 11.1 Å². The van der Waals surface area contributed by atoms with Crippen molar-refractivity contribution >= 4 is 33.2 Å². The van der Waals surface area contributed by atoms with Gasteiger partial charge in [-0.2, -0.15) is 13.2 Å². The molecular formula is C24H22F3N4+. The molecule has 2 heterocycles.